The topological polar surface area (TPSA) is 66.9 Å². The van der Waals surface area contributed by atoms with Gasteiger partial charge in [0.25, 0.3) is 0 Å². The molecule has 1 atom stereocenters. The first-order valence-corrected chi connectivity index (χ1v) is 3.13. The van der Waals surface area contributed by atoms with Gasteiger partial charge >= 0.3 is 5.97 Å². The van der Waals surface area contributed by atoms with Crippen LogP contribution in [0.15, 0.2) is 12.2 Å². The van der Waals surface area contributed by atoms with Gasteiger partial charge in [0, 0.05) is 6.08 Å². The lowest BCUT2D eigenvalue weighted by Gasteiger charge is -1.68. The summed E-state index contributed by atoms with van der Waals surface area (Å²) in [6, 6.07) is 0. The summed E-state index contributed by atoms with van der Waals surface area (Å²) in [6.45, 7) is 2.30. The molecule has 1 aliphatic heterocycles. The Hall–Kier alpha value is -1.16. The van der Waals surface area contributed by atoms with Gasteiger partial charge in [0.1, 0.15) is 6.10 Å². The minimum Gasteiger partial charge on any atom is -0.478 e. The van der Waals surface area contributed by atoms with E-state index in [1.807, 2.05) is 0 Å². The molecule has 1 heterocycles. The van der Waals surface area contributed by atoms with Crippen molar-refractivity contribution in [1.82, 2.24) is 0 Å². The van der Waals surface area contributed by atoms with Gasteiger partial charge in [0.15, 0.2) is 6.29 Å². The van der Waals surface area contributed by atoms with Crippen molar-refractivity contribution in [3.05, 3.63) is 12.2 Å². The minimum absolute atomic E-state index is 0.0463. The molecule has 1 saturated heterocycles. The molecule has 0 aliphatic carbocycles. The van der Waals surface area contributed by atoms with Crippen LogP contribution in [0.25, 0.3) is 0 Å². The van der Waals surface area contributed by atoms with Crippen molar-refractivity contribution in [1.29, 1.82) is 0 Å². The first-order chi connectivity index (χ1) is 5.20. The maximum Gasteiger partial charge on any atom is 0.327 e. The lowest BCUT2D eigenvalue weighted by molar-refractivity contribution is -0.131. The lowest BCUT2D eigenvalue weighted by Crippen LogP contribution is -1.83. The van der Waals surface area contributed by atoms with Gasteiger partial charge in [0.05, 0.1) is 6.61 Å². The summed E-state index contributed by atoms with van der Waals surface area (Å²) in [5.41, 5.74) is 0. The van der Waals surface area contributed by atoms with E-state index in [9.17, 15) is 9.59 Å². The van der Waals surface area contributed by atoms with Crippen LogP contribution in [0.1, 0.15) is 6.92 Å². The fourth-order valence-electron chi connectivity index (χ4n) is 0.277. The molecule has 1 N–H and O–H groups in total. The van der Waals surface area contributed by atoms with Crippen LogP contribution >= 0.6 is 0 Å². The van der Waals surface area contributed by atoms with Gasteiger partial charge in [-0.15, -0.1) is 0 Å². The number of aldehydes is 1. The van der Waals surface area contributed by atoms with Gasteiger partial charge in [-0.25, -0.2) is 4.79 Å². The fraction of sp³-hybridized carbons (Fsp3) is 0.429. The van der Waals surface area contributed by atoms with Crippen LogP contribution in [-0.4, -0.2) is 30.1 Å². The molecule has 1 fully saturated rings. The molecule has 62 valence electrons. The molecular formula is C7H10O4. The second-order valence-electron chi connectivity index (χ2n) is 1.85. The molecule has 11 heavy (non-hydrogen) atoms. The average Bonchev–Trinajstić information content (AvgIpc) is 2.69. The molecule has 0 bridgehead atoms. The Morgan fingerprint density at radius 2 is 2.27 bits per heavy atom. The number of ether oxygens (including phenoxy) is 1. The number of carbonyl (C=O) groups excluding carboxylic acids is 1. The Morgan fingerprint density at radius 1 is 1.73 bits per heavy atom. The standard InChI is InChI=1S/C4H6O2.C3H4O2/c1-2-3-4(5)6;4-1-3-2-5-3/h2-3H,1H3,(H,5,6);1,3H,2H2/b3-2+;. The molecule has 0 aromatic carbocycles. The molecule has 0 spiro atoms. The summed E-state index contributed by atoms with van der Waals surface area (Å²) < 4.78 is 4.49. The highest BCUT2D eigenvalue weighted by atomic mass is 16.6. The van der Waals surface area contributed by atoms with Gasteiger partial charge in [-0.1, -0.05) is 6.08 Å². The summed E-state index contributed by atoms with van der Waals surface area (Å²) in [6.07, 6.45) is 3.32. The summed E-state index contributed by atoms with van der Waals surface area (Å²) in [5, 5.41) is 7.83. The highest BCUT2D eigenvalue weighted by Crippen LogP contribution is 2.02. The maximum atomic E-state index is 9.51. The molecule has 4 heteroatoms. The smallest absolute Gasteiger partial charge is 0.327 e. The molecule has 0 radical (unpaired) electrons. The van der Waals surface area contributed by atoms with Crippen molar-refractivity contribution < 1.29 is 19.4 Å². The van der Waals surface area contributed by atoms with E-state index in [2.05, 4.69) is 4.74 Å². The zero-order chi connectivity index (χ0) is 8.69. The third kappa shape index (κ3) is 8.84. The summed E-state index contributed by atoms with van der Waals surface area (Å²) in [4.78, 5) is 19.0. The first-order valence-electron chi connectivity index (χ1n) is 3.13. The SMILES string of the molecule is C/C=C/C(=O)O.O=CC1CO1. The molecular weight excluding hydrogens is 148 g/mol. The molecule has 4 nitrogen and oxygen atoms in total. The van der Waals surface area contributed by atoms with Crippen molar-refractivity contribution >= 4 is 12.3 Å². The summed E-state index contributed by atoms with van der Waals surface area (Å²) in [5.74, 6) is -0.891. The van der Waals surface area contributed by atoms with E-state index < -0.39 is 5.97 Å². The highest BCUT2D eigenvalue weighted by molar-refractivity contribution is 5.79. The zero-order valence-electron chi connectivity index (χ0n) is 6.19. The van der Waals surface area contributed by atoms with E-state index in [0.29, 0.717) is 6.61 Å². The molecule has 1 aliphatic rings. The quantitative estimate of drug-likeness (QED) is 0.355. The number of hydrogen-bond donors (Lipinski definition) is 1. The number of carboxylic acids is 1. The van der Waals surface area contributed by atoms with Crippen molar-refractivity contribution in [2.75, 3.05) is 6.61 Å². The normalized spacial score (nSPS) is 20.3. The molecule has 0 amide bonds. The third-order valence-corrected chi connectivity index (χ3v) is 0.820. The van der Waals surface area contributed by atoms with Gasteiger partial charge in [-0.05, 0) is 6.92 Å². The number of carboxylic acid groups (broad SMARTS) is 1. The van der Waals surface area contributed by atoms with Gasteiger partial charge in [0.2, 0.25) is 0 Å². The minimum atomic E-state index is -0.891. The van der Waals surface area contributed by atoms with E-state index in [4.69, 9.17) is 5.11 Å². The van der Waals surface area contributed by atoms with Crippen LogP contribution in [0.2, 0.25) is 0 Å². The first kappa shape index (κ1) is 9.84. The molecule has 1 rings (SSSR count). The van der Waals surface area contributed by atoms with Crippen molar-refractivity contribution in [2.45, 2.75) is 13.0 Å². The van der Waals surface area contributed by atoms with Crippen LogP contribution in [0.5, 0.6) is 0 Å². The van der Waals surface area contributed by atoms with Crippen LogP contribution < -0.4 is 0 Å². The van der Waals surface area contributed by atoms with Crippen LogP contribution in [0.3, 0.4) is 0 Å². The summed E-state index contributed by atoms with van der Waals surface area (Å²) >= 11 is 0. The summed E-state index contributed by atoms with van der Waals surface area (Å²) in [7, 11) is 0. The van der Waals surface area contributed by atoms with Gasteiger partial charge in [-0.3, -0.25) is 0 Å². The molecule has 0 aromatic rings. The number of rotatable bonds is 2. The van der Waals surface area contributed by atoms with Crippen molar-refractivity contribution in [3.8, 4) is 0 Å². The second-order valence-corrected chi connectivity index (χ2v) is 1.85. The fourth-order valence-corrected chi connectivity index (χ4v) is 0.277. The average molecular weight is 158 g/mol. The third-order valence-electron chi connectivity index (χ3n) is 0.820. The molecule has 0 aromatic heterocycles. The second kappa shape index (κ2) is 5.61. The van der Waals surface area contributed by atoms with Gasteiger partial charge in [-0.2, -0.15) is 0 Å². The van der Waals surface area contributed by atoms with E-state index in [1.165, 1.54) is 6.08 Å². The van der Waals surface area contributed by atoms with Crippen LogP contribution in [0.4, 0.5) is 0 Å². The van der Waals surface area contributed by atoms with E-state index >= 15 is 0 Å². The van der Waals surface area contributed by atoms with Crippen molar-refractivity contribution in [2.24, 2.45) is 0 Å². The number of epoxide rings is 1. The Kier molecular flexibility index (Phi) is 5.02. The predicted octanol–water partition coefficient (Wildman–Crippen LogP) is 0.231. The predicted molar refractivity (Wildman–Crippen MR) is 38.3 cm³/mol. The number of allylic oxidation sites excluding steroid dienone is 1. The number of hydrogen-bond acceptors (Lipinski definition) is 3. The Labute approximate surface area is 64.5 Å². The monoisotopic (exact) mass is 158 g/mol. The van der Waals surface area contributed by atoms with Gasteiger partial charge < -0.3 is 14.6 Å². The Morgan fingerprint density at radius 3 is 2.27 bits per heavy atom. The largest absolute Gasteiger partial charge is 0.478 e. The zero-order valence-corrected chi connectivity index (χ0v) is 6.19. The Balaban J connectivity index is 0.000000183. The molecule has 0 saturated carbocycles. The lowest BCUT2D eigenvalue weighted by atomic mass is 10.5. The number of carbonyl (C=O) groups is 2. The maximum absolute atomic E-state index is 9.51. The number of aliphatic carboxylic acids is 1. The van der Waals surface area contributed by atoms with Crippen molar-refractivity contribution in [3.63, 3.8) is 0 Å². The highest BCUT2D eigenvalue weighted by Gasteiger charge is 2.19. The molecule has 1 unspecified atom stereocenters. The Bertz CT molecular complexity index is 158. The van der Waals surface area contributed by atoms with E-state index in [1.54, 1.807) is 6.92 Å². The van der Waals surface area contributed by atoms with Crippen LogP contribution in [-0.2, 0) is 14.3 Å². The van der Waals surface area contributed by atoms with E-state index in [-0.39, 0.29) is 6.10 Å². The van der Waals surface area contributed by atoms with E-state index in [0.717, 1.165) is 12.4 Å². The van der Waals surface area contributed by atoms with Crippen LogP contribution in [0, 0.1) is 0 Å².